The first-order chi connectivity index (χ1) is 30.5. The van der Waals surface area contributed by atoms with Crippen LogP contribution in [0.1, 0.15) is 25.7 Å². The van der Waals surface area contributed by atoms with Crippen molar-refractivity contribution in [2.24, 2.45) is 0 Å². The molecule has 0 radical (unpaired) electrons. The molecule has 0 spiro atoms. The molecule has 2 aromatic carbocycles. The molecule has 37 heteroatoms. The predicted molar refractivity (Wildman–Crippen MR) is 168 cm³/mol. The summed E-state index contributed by atoms with van der Waals surface area (Å²) in [5, 5.41) is -1.17. The van der Waals surface area contributed by atoms with Crippen molar-refractivity contribution in [2.75, 3.05) is 0 Å². The fourth-order valence-corrected chi connectivity index (χ4v) is 9.17. The smallest absolute Gasteiger partial charge is 0.394 e. The van der Waals surface area contributed by atoms with Gasteiger partial charge >= 0.3 is 103 Å². The topological polar surface area (TPSA) is 9.23 Å². The Kier molecular flexibility index (Phi) is 16.3. The normalized spacial score (nSPS) is 16.1. The molecular weight excluding hydrogens is 1120 g/mol. The second-order valence-corrected chi connectivity index (χ2v) is 18.6. The lowest BCUT2D eigenvalue weighted by atomic mass is 9.86. The van der Waals surface area contributed by atoms with Crippen molar-refractivity contribution < 1.29 is 154 Å². The third kappa shape index (κ3) is 9.28. The van der Waals surface area contributed by atoms with Crippen molar-refractivity contribution in [3.8, 4) is 0 Å². The maximum Gasteiger partial charge on any atom is 0.460 e. The highest BCUT2D eigenvalue weighted by Gasteiger charge is 2.97. The van der Waals surface area contributed by atoms with Crippen LogP contribution in [0.3, 0.4) is 0 Å². The second-order valence-electron chi connectivity index (χ2n) is 14.4. The van der Waals surface area contributed by atoms with Crippen molar-refractivity contribution in [1.29, 1.82) is 0 Å². The number of alkyl halides is 34. The van der Waals surface area contributed by atoms with Crippen LogP contribution in [0.5, 0.6) is 0 Å². The van der Waals surface area contributed by atoms with E-state index >= 15 is 0 Å². The van der Waals surface area contributed by atoms with E-state index in [4.69, 9.17) is 15.5 Å². The quantitative estimate of drug-likeness (QED) is 0.0649. The summed E-state index contributed by atoms with van der Waals surface area (Å²) < 4.78 is 476. The number of rotatable bonds is 22. The Morgan fingerprint density at radius 1 is 0.314 bits per heavy atom. The third-order valence-electron chi connectivity index (χ3n) is 9.75. The van der Waals surface area contributed by atoms with Crippen molar-refractivity contribution in [3.05, 3.63) is 60.7 Å². The molecule has 0 bridgehead atoms. The van der Waals surface area contributed by atoms with Gasteiger partial charge in [0.25, 0.3) is 0 Å². The minimum Gasteiger partial charge on any atom is -0.394 e. The van der Waals surface area contributed by atoms with E-state index in [9.17, 15) is 149 Å². The van der Waals surface area contributed by atoms with Gasteiger partial charge in [-0.3, -0.25) is 0 Å². The number of halogens is 35. The summed E-state index contributed by atoms with van der Waals surface area (Å²) >= 11 is 6.47. The van der Waals surface area contributed by atoms with Crippen molar-refractivity contribution >= 4 is 29.1 Å². The first kappa shape index (κ1) is 62.6. The van der Waals surface area contributed by atoms with E-state index in [1.165, 1.54) is 0 Å². The minimum absolute atomic E-state index is 0.586. The largest absolute Gasteiger partial charge is 0.460 e. The summed E-state index contributed by atoms with van der Waals surface area (Å²) in [5.41, 5.74) is 0. The Morgan fingerprint density at radius 3 is 0.729 bits per heavy atom. The van der Waals surface area contributed by atoms with Gasteiger partial charge in [0, 0.05) is 18.9 Å². The zero-order chi connectivity index (χ0) is 55.8. The van der Waals surface area contributed by atoms with Gasteiger partial charge in [0.05, 0.1) is 0 Å². The highest BCUT2D eigenvalue weighted by Crippen LogP contribution is 2.66. The summed E-state index contributed by atoms with van der Waals surface area (Å²) in [6, 6.07) is 9.03. The van der Waals surface area contributed by atoms with Crippen LogP contribution < -0.4 is 10.4 Å². The van der Waals surface area contributed by atoms with Crippen LogP contribution in [0, 0.1) is 0 Å². The molecule has 406 valence electrons. The van der Waals surface area contributed by atoms with E-state index in [1.807, 2.05) is 0 Å². The number of hydrogen-bond donors (Lipinski definition) is 0. The monoisotopic (exact) mass is 1140 g/mol. The summed E-state index contributed by atoms with van der Waals surface area (Å²) in [7, 11) is -5.26. The van der Waals surface area contributed by atoms with E-state index in [1.54, 1.807) is 0 Å². The third-order valence-corrected chi connectivity index (χ3v) is 14.1. The van der Waals surface area contributed by atoms with Gasteiger partial charge in [-0.05, 0) is 23.2 Å². The molecule has 70 heavy (non-hydrogen) atoms. The van der Waals surface area contributed by atoms with Gasteiger partial charge in [0.1, 0.15) is 0 Å². The standard InChI is InChI=1S/C33H19ClF34OSi/c34-70(16-7-3-1-4-8-16,17-9-5-2-6-10-17)69-15(11-13-18(35,36)20(39,40)22(43,44)24(47,48)26(51,52)28(55,56)30(59,60)32(63,64)65)12-14-19(37,38)21(41,42)23(45,46)25(49,50)27(53,54)29(57,58)31(61,62)33(66,67)68/h1-10,15H,11-14H2. The van der Waals surface area contributed by atoms with Crippen LogP contribution in [0.15, 0.2) is 60.7 Å². The van der Waals surface area contributed by atoms with Gasteiger partial charge in [0.2, 0.25) is 0 Å². The second kappa shape index (κ2) is 18.2. The molecule has 0 aromatic heterocycles. The summed E-state index contributed by atoms with van der Waals surface area (Å²) in [6.45, 7) is 0. The van der Waals surface area contributed by atoms with Crippen molar-refractivity contribution in [3.63, 3.8) is 0 Å². The van der Waals surface area contributed by atoms with Crippen molar-refractivity contribution in [1.82, 2.24) is 0 Å². The van der Waals surface area contributed by atoms with Crippen LogP contribution in [0.2, 0.25) is 0 Å². The molecule has 0 amide bonds. The van der Waals surface area contributed by atoms with Gasteiger partial charge in [0.15, 0.2) is 0 Å². The van der Waals surface area contributed by atoms with E-state index in [2.05, 4.69) is 0 Å². The van der Waals surface area contributed by atoms with Gasteiger partial charge < -0.3 is 4.43 Å². The molecule has 0 unspecified atom stereocenters. The fraction of sp³-hybridized carbons (Fsp3) is 0.636. The summed E-state index contributed by atoms with van der Waals surface area (Å²) in [5.74, 6) is -122. The van der Waals surface area contributed by atoms with Crippen molar-refractivity contribution in [2.45, 2.75) is 127 Å². The number of benzene rings is 2. The molecule has 0 aliphatic rings. The first-order valence-corrected chi connectivity index (χ1v) is 20.3. The molecule has 0 atom stereocenters. The lowest BCUT2D eigenvalue weighted by Crippen LogP contribution is -2.74. The fourth-order valence-electron chi connectivity index (χ4n) is 5.49. The Balaban J connectivity index is 2.81. The van der Waals surface area contributed by atoms with E-state index < -0.39 is 145 Å². The first-order valence-electron chi connectivity index (χ1n) is 17.4. The molecule has 0 fully saturated rings. The van der Waals surface area contributed by atoms with Gasteiger partial charge in [-0.2, -0.15) is 149 Å². The molecule has 2 aromatic rings. The lowest BCUT2D eigenvalue weighted by Gasteiger charge is -2.43. The molecule has 1 nitrogen and oxygen atoms in total. The Labute approximate surface area is 370 Å². The van der Waals surface area contributed by atoms with Crippen LogP contribution in [-0.2, 0) is 4.43 Å². The summed E-state index contributed by atoms with van der Waals surface area (Å²) in [6.07, 6.45) is -32.7. The van der Waals surface area contributed by atoms with E-state index in [-0.39, 0.29) is 0 Å². The Hall–Kier alpha value is -3.47. The highest BCUT2D eigenvalue weighted by molar-refractivity contribution is 7.30. The molecule has 0 N–H and O–H groups in total. The van der Waals surface area contributed by atoms with E-state index in [0.29, 0.717) is 0 Å². The minimum atomic E-state index is -9.18. The zero-order valence-electron chi connectivity index (χ0n) is 32.3. The van der Waals surface area contributed by atoms with Crippen LogP contribution in [-0.4, -0.2) is 109 Å². The molecule has 0 aliphatic carbocycles. The average molecular weight is 1140 g/mol. The SMILES string of the molecule is FC(F)(F)C(F)(F)C(F)(F)C(F)(F)C(F)(F)C(F)(F)C(F)(F)C(F)(F)CCC(CCC(F)(F)C(F)(F)C(F)(F)C(F)(F)C(F)(F)C(F)(F)C(F)(F)C(F)(F)F)O[Si](Cl)(c1ccccc1)c1ccccc1. The molecule has 0 heterocycles. The maximum absolute atomic E-state index is 15.0. The Bertz CT molecular complexity index is 1940. The Morgan fingerprint density at radius 2 is 0.514 bits per heavy atom. The zero-order valence-corrected chi connectivity index (χ0v) is 34.1. The summed E-state index contributed by atoms with van der Waals surface area (Å²) in [4.78, 5) is 0. The van der Waals surface area contributed by atoms with Crippen LogP contribution in [0.4, 0.5) is 149 Å². The highest BCUT2D eigenvalue weighted by atomic mass is 35.6. The average Bonchev–Trinajstić information content (AvgIpc) is 3.20. The molecule has 0 saturated heterocycles. The van der Waals surface area contributed by atoms with Crippen LogP contribution >= 0.6 is 11.1 Å². The maximum atomic E-state index is 15.0. The van der Waals surface area contributed by atoms with Gasteiger partial charge in [-0.1, -0.05) is 60.7 Å². The van der Waals surface area contributed by atoms with Gasteiger partial charge in [-0.15, -0.1) is 11.1 Å². The molecular formula is C33H19ClF34OSi. The molecule has 0 saturated carbocycles. The lowest BCUT2D eigenvalue weighted by molar-refractivity contribution is -0.462. The molecule has 2 rings (SSSR count). The van der Waals surface area contributed by atoms with E-state index in [0.717, 1.165) is 60.7 Å². The van der Waals surface area contributed by atoms with Crippen LogP contribution in [0.25, 0.3) is 0 Å². The molecule has 0 aliphatic heterocycles. The predicted octanol–water partition coefficient (Wildman–Crippen LogP) is 14.4. The van der Waals surface area contributed by atoms with Gasteiger partial charge in [-0.25, -0.2) is 0 Å². The number of hydrogen-bond acceptors (Lipinski definition) is 1.